The molecule has 1 N–H and O–H groups in total. The fourth-order valence-electron chi connectivity index (χ4n) is 1.82. The molecule has 0 fully saturated rings. The molecule has 0 radical (unpaired) electrons. The molecule has 1 rings (SSSR count). The largest absolute Gasteiger partial charge is 0.493 e. The van der Waals surface area contributed by atoms with Crippen molar-refractivity contribution in [3.8, 4) is 5.75 Å². The van der Waals surface area contributed by atoms with Crippen LogP contribution < -0.4 is 10.2 Å². The third-order valence-corrected chi connectivity index (χ3v) is 3.16. The maximum absolute atomic E-state index is 11.6. The molecule has 1 amide bonds. The van der Waals surface area contributed by atoms with E-state index in [9.17, 15) is 4.79 Å². The monoisotopic (exact) mass is 310 g/mol. The average molecular weight is 311 g/mol. The fourth-order valence-corrected chi connectivity index (χ4v) is 2.05. The molecule has 0 aromatic heterocycles. The summed E-state index contributed by atoms with van der Waals surface area (Å²) in [5, 5.41) is 4.73. The molecule has 0 aliphatic rings. The Labute approximate surface area is 131 Å². The first-order valence-corrected chi connectivity index (χ1v) is 7.61. The minimum absolute atomic E-state index is 0.0816. The molecule has 0 heterocycles. The number of nitrogens with one attached hydrogen (secondary N) is 1. The number of amides is 1. The van der Waals surface area contributed by atoms with Gasteiger partial charge in [-0.2, -0.15) is 5.10 Å². The fraction of sp³-hybridized carbons (Fsp3) is 0.500. The highest BCUT2D eigenvalue weighted by Gasteiger charge is 2.03. The summed E-state index contributed by atoms with van der Waals surface area (Å²) < 4.78 is 5.63. The lowest BCUT2D eigenvalue weighted by Gasteiger charge is -2.09. The molecule has 0 saturated heterocycles. The van der Waals surface area contributed by atoms with Gasteiger partial charge in [0.1, 0.15) is 5.75 Å². The second-order valence-corrected chi connectivity index (χ2v) is 5.43. The van der Waals surface area contributed by atoms with Crippen LogP contribution in [0.5, 0.6) is 5.75 Å². The number of aryl methyl sites for hydroxylation is 1. The predicted octanol–water partition coefficient (Wildman–Crippen LogP) is 4.10. The van der Waals surface area contributed by atoms with Crippen molar-refractivity contribution in [1.29, 1.82) is 0 Å². The van der Waals surface area contributed by atoms with Gasteiger partial charge in [-0.1, -0.05) is 24.9 Å². The van der Waals surface area contributed by atoms with Crippen molar-refractivity contribution >= 4 is 23.2 Å². The summed E-state index contributed by atoms with van der Waals surface area (Å²) in [6.07, 6.45) is 2.98. The second-order valence-electron chi connectivity index (χ2n) is 4.99. The highest BCUT2D eigenvalue weighted by Crippen LogP contribution is 2.21. The third-order valence-electron chi connectivity index (χ3n) is 2.93. The van der Waals surface area contributed by atoms with Gasteiger partial charge in [0.2, 0.25) is 5.91 Å². The molecule has 0 unspecified atom stereocenters. The lowest BCUT2D eigenvalue weighted by Crippen LogP contribution is -2.19. The van der Waals surface area contributed by atoms with Gasteiger partial charge < -0.3 is 4.74 Å². The van der Waals surface area contributed by atoms with Crippen LogP contribution in [0.4, 0.5) is 0 Å². The van der Waals surface area contributed by atoms with E-state index in [0.29, 0.717) is 24.5 Å². The molecule has 0 aliphatic carbocycles. The number of rotatable bonds is 8. The number of hydrazone groups is 1. The number of benzene rings is 1. The van der Waals surface area contributed by atoms with Crippen molar-refractivity contribution in [2.75, 3.05) is 6.61 Å². The van der Waals surface area contributed by atoms with Crippen LogP contribution in [-0.2, 0) is 4.79 Å². The highest BCUT2D eigenvalue weighted by molar-refractivity contribution is 6.30. The summed E-state index contributed by atoms with van der Waals surface area (Å²) in [6, 6.07) is 5.49. The van der Waals surface area contributed by atoms with E-state index in [1.165, 1.54) is 0 Å². The first-order chi connectivity index (χ1) is 10.0. The Hall–Kier alpha value is -1.55. The van der Waals surface area contributed by atoms with Crippen molar-refractivity contribution in [2.24, 2.45) is 5.10 Å². The topological polar surface area (TPSA) is 50.7 Å². The van der Waals surface area contributed by atoms with Crippen LogP contribution in [0.1, 0.15) is 45.1 Å². The molecule has 1 aromatic rings. The van der Waals surface area contributed by atoms with Crippen molar-refractivity contribution in [1.82, 2.24) is 5.43 Å². The third kappa shape index (κ3) is 7.14. The smallest absolute Gasteiger partial charge is 0.240 e. The molecule has 116 valence electrons. The lowest BCUT2D eigenvalue weighted by atomic mass is 10.2. The quantitative estimate of drug-likeness (QED) is 0.446. The minimum atomic E-state index is -0.0816. The van der Waals surface area contributed by atoms with E-state index in [1.807, 2.05) is 26.0 Å². The lowest BCUT2D eigenvalue weighted by molar-refractivity contribution is -0.121. The summed E-state index contributed by atoms with van der Waals surface area (Å²) in [5.74, 6) is 0.721. The minimum Gasteiger partial charge on any atom is -0.493 e. The van der Waals surface area contributed by atoms with Crippen LogP contribution in [0.3, 0.4) is 0 Å². The number of halogens is 1. The zero-order chi connectivity index (χ0) is 15.7. The van der Waals surface area contributed by atoms with Crippen LogP contribution in [0.15, 0.2) is 23.3 Å². The molecule has 4 nitrogen and oxygen atoms in total. The Kier molecular flexibility index (Phi) is 7.83. The van der Waals surface area contributed by atoms with Crippen LogP contribution in [-0.4, -0.2) is 18.2 Å². The van der Waals surface area contributed by atoms with E-state index >= 15 is 0 Å². The number of carbonyl (C=O) groups excluding carboxylic acids is 1. The summed E-state index contributed by atoms with van der Waals surface area (Å²) in [5.41, 5.74) is 4.50. The van der Waals surface area contributed by atoms with E-state index in [1.54, 1.807) is 6.07 Å². The van der Waals surface area contributed by atoms with E-state index < -0.39 is 0 Å². The average Bonchev–Trinajstić information content (AvgIpc) is 2.43. The van der Waals surface area contributed by atoms with Crippen molar-refractivity contribution < 1.29 is 9.53 Å². The van der Waals surface area contributed by atoms with Crippen molar-refractivity contribution in [3.63, 3.8) is 0 Å². The molecular formula is C16H23ClN2O2. The Balaban J connectivity index is 2.24. The van der Waals surface area contributed by atoms with E-state index in [-0.39, 0.29) is 5.91 Å². The first-order valence-electron chi connectivity index (χ1n) is 7.24. The van der Waals surface area contributed by atoms with Gasteiger partial charge in [0.15, 0.2) is 0 Å². The van der Waals surface area contributed by atoms with Gasteiger partial charge in [0.25, 0.3) is 0 Å². The normalized spacial score (nSPS) is 11.3. The summed E-state index contributed by atoms with van der Waals surface area (Å²) in [6.45, 7) is 6.43. The molecule has 0 aliphatic heterocycles. The molecule has 1 aromatic carbocycles. The summed E-state index contributed by atoms with van der Waals surface area (Å²) in [7, 11) is 0. The van der Waals surface area contributed by atoms with E-state index in [2.05, 4.69) is 17.5 Å². The van der Waals surface area contributed by atoms with Crippen LogP contribution in [0, 0.1) is 6.92 Å². The number of hydrogen-bond acceptors (Lipinski definition) is 3. The molecule has 0 saturated carbocycles. The van der Waals surface area contributed by atoms with Gasteiger partial charge in [0, 0.05) is 17.2 Å². The maximum atomic E-state index is 11.6. The van der Waals surface area contributed by atoms with E-state index in [4.69, 9.17) is 16.3 Å². The number of ether oxygens (including phenoxy) is 1. The van der Waals surface area contributed by atoms with Gasteiger partial charge in [-0.3, -0.25) is 4.79 Å². The molecule has 5 heteroatoms. The van der Waals surface area contributed by atoms with Crippen LogP contribution in [0.25, 0.3) is 0 Å². The summed E-state index contributed by atoms with van der Waals surface area (Å²) >= 11 is 5.88. The number of hydrogen-bond donors (Lipinski definition) is 1. The van der Waals surface area contributed by atoms with Crippen LogP contribution in [0.2, 0.25) is 5.02 Å². The van der Waals surface area contributed by atoms with Gasteiger partial charge in [-0.15, -0.1) is 0 Å². The SMILES string of the molecule is CCCC(C)=NNC(=O)CCCOc1ccc(Cl)cc1C. The molecular weight excluding hydrogens is 288 g/mol. The van der Waals surface area contributed by atoms with E-state index in [0.717, 1.165) is 29.9 Å². The first kappa shape index (κ1) is 17.5. The summed E-state index contributed by atoms with van der Waals surface area (Å²) in [4.78, 5) is 11.6. The Morgan fingerprint density at radius 2 is 2.14 bits per heavy atom. The van der Waals surface area contributed by atoms with Gasteiger partial charge in [-0.05, 0) is 50.5 Å². The molecule has 21 heavy (non-hydrogen) atoms. The Bertz CT molecular complexity index is 501. The highest BCUT2D eigenvalue weighted by atomic mass is 35.5. The maximum Gasteiger partial charge on any atom is 0.240 e. The molecule has 0 atom stereocenters. The number of carbonyl (C=O) groups is 1. The molecule has 0 spiro atoms. The van der Waals surface area contributed by atoms with Crippen molar-refractivity contribution in [3.05, 3.63) is 28.8 Å². The Morgan fingerprint density at radius 1 is 1.38 bits per heavy atom. The van der Waals surface area contributed by atoms with Crippen molar-refractivity contribution in [2.45, 2.75) is 46.5 Å². The van der Waals surface area contributed by atoms with Gasteiger partial charge >= 0.3 is 0 Å². The standard InChI is InChI=1S/C16H23ClN2O2/c1-4-6-13(3)18-19-16(20)7-5-10-21-15-9-8-14(17)11-12(15)2/h8-9,11H,4-7,10H2,1-3H3,(H,19,20). The van der Waals surface area contributed by atoms with Gasteiger partial charge in [0.05, 0.1) is 6.61 Å². The van der Waals surface area contributed by atoms with Crippen LogP contribution >= 0.6 is 11.6 Å². The predicted molar refractivity (Wildman–Crippen MR) is 87.1 cm³/mol. The number of nitrogens with zero attached hydrogens (tertiary/aromatic N) is 1. The molecule has 0 bridgehead atoms. The second kappa shape index (κ2) is 9.40. The zero-order valence-corrected chi connectivity index (χ0v) is 13.7. The Morgan fingerprint density at radius 3 is 2.81 bits per heavy atom. The van der Waals surface area contributed by atoms with Gasteiger partial charge in [-0.25, -0.2) is 5.43 Å². The zero-order valence-electron chi connectivity index (χ0n) is 12.9.